The highest BCUT2D eigenvalue weighted by atomic mass is 35.5. The van der Waals surface area contributed by atoms with E-state index < -0.39 is 0 Å². The van der Waals surface area contributed by atoms with Crippen LogP contribution < -0.4 is 10.1 Å². The number of carbonyl (C=O) groups excluding carboxylic acids is 1. The second kappa shape index (κ2) is 6.56. The standard InChI is InChI=1S/C17H15ClN2O2S/c1-10(2)22-12-8-6-11(7-9-12)16(21)20-17-19-15-13(18)4-3-5-14(15)23-17/h3-10H,1-2H3,(H,19,20,21). The lowest BCUT2D eigenvalue weighted by Crippen LogP contribution is -2.12. The van der Waals surface area contributed by atoms with Crippen molar-refractivity contribution in [3.05, 3.63) is 53.1 Å². The number of benzene rings is 2. The molecular weight excluding hydrogens is 332 g/mol. The predicted octanol–water partition coefficient (Wildman–Crippen LogP) is 4.99. The normalized spacial score (nSPS) is 11.0. The summed E-state index contributed by atoms with van der Waals surface area (Å²) in [6, 6.07) is 12.6. The third kappa shape index (κ3) is 3.63. The molecule has 0 fully saturated rings. The van der Waals surface area contributed by atoms with Gasteiger partial charge in [0.25, 0.3) is 5.91 Å². The molecule has 2 aromatic carbocycles. The van der Waals surface area contributed by atoms with Crippen molar-refractivity contribution in [2.45, 2.75) is 20.0 Å². The Balaban J connectivity index is 1.76. The van der Waals surface area contributed by atoms with E-state index in [9.17, 15) is 4.79 Å². The number of nitrogens with zero attached hydrogens (tertiary/aromatic N) is 1. The molecule has 4 nitrogen and oxygen atoms in total. The summed E-state index contributed by atoms with van der Waals surface area (Å²) >= 11 is 7.49. The summed E-state index contributed by atoms with van der Waals surface area (Å²) in [5, 5.41) is 3.91. The van der Waals surface area contributed by atoms with Crippen LogP contribution in [-0.4, -0.2) is 17.0 Å². The molecule has 0 aliphatic heterocycles. The molecule has 0 atom stereocenters. The molecule has 0 saturated heterocycles. The smallest absolute Gasteiger partial charge is 0.257 e. The number of amides is 1. The van der Waals surface area contributed by atoms with Crippen LogP contribution in [0.5, 0.6) is 5.75 Å². The van der Waals surface area contributed by atoms with Crippen LogP contribution in [-0.2, 0) is 0 Å². The molecule has 0 unspecified atom stereocenters. The van der Waals surface area contributed by atoms with Gasteiger partial charge in [0.1, 0.15) is 11.3 Å². The topological polar surface area (TPSA) is 51.2 Å². The molecule has 0 bridgehead atoms. The first kappa shape index (κ1) is 15.8. The maximum absolute atomic E-state index is 12.3. The van der Waals surface area contributed by atoms with E-state index in [4.69, 9.17) is 16.3 Å². The van der Waals surface area contributed by atoms with Gasteiger partial charge in [0.15, 0.2) is 5.13 Å². The Kier molecular flexibility index (Phi) is 4.50. The van der Waals surface area contributed by atoms with Crippen LogP contribution in [0.1, 0.15) is 24.2 Å². The molecular formula is C17H15ClN2O2S. The minimum absolute atomic E-state index is 0.0992. The molecule has 1 amide bonds. The summed E-state index contributed by atoms with van der Waals surface area (Å²) in [4.78, 5) is 16.7. The third-order valence-electron chi connectivity index (χ3n) is 3.08. The number of halogens is 1. The van der Waals surface area contributed by atoms with Gasteiger partial charge in [0.2, 0.25) is 0 Å². The first-order valence-corrected chi connectivity index (χ1v) is 8.35. The zero-order valence-corrected chi connectivity index (χ0v) is 14.2. The molecule has 0 aliphatic carbocycles. The zero-order valence-electron chi connectivity index (χ0n) is 12.7. The average Bonchev–Trinajstić information content (AvgIpc) is 2.91. The van der Waals surface area contributed by atoms with Crippen LogP contribution in [0.15, 0.2) is 42.5 Å². The third-order valence-corrected chi connectivity index (χ3v) is 4.32. The van der Waals surface area contributed by atoms with Crippen molar-refractivity contribution in [3.8, 4) is 5.75 Å². The summed E-state index contributed by atoms with van der Waals surface area (Å²) < 4.78 is 6.50. The number of rotatable bonds is 4. The van der Waals surface area contributed by atoms with Crippen molar-refractivity contribution < 1.29 is 9.53 Å². The number of hydrogen-bond donors (Lipinski definition) is 1. The van der Waals surface area contributed by atoms with E-state index in [-0.39, 0.29) is 12.0 Å². The monoisotopic (exact) mass is 346 g/mol. The van der Waals surface area contributed by atoms with Gasteiger partial charge in [0, 0.05) is 5.56 Å². The summed E-state index contributed by atoms with van der Waals surface area (Å²) in [5.74, 6) is 0.527. The van der Waals surface area contributed by atoms with Crippen molar-refractivity contribution >= 4 is 44.2 Å². The van der Waals surface area contributed by atoms with Crippen LogP contribution in [0, 0.1) is 0 Å². The molecule has 0 spiro atoms. The molecule has 1 heterocycles. The summed E-state index contributed by atoms with van der Waals surface area (Å²) in [5.41, 5.74) is 1.25. The lowest BCUT2D eigenvalue weighted by molar-refractivity contribution is 0.102. The second-order valence-electron chi connectivity index (χ2n) is 5.25. The van der Waals surface area contributed by atoms with E-state index in [0.29, 0.717) is 21.2 Å². The molecule has 3 rings (SSSR count). The maximum Gasteiger partial charge on any atom is 0.257 e. The van der Waals surface area contributed by atoms with Gasteiger partial charge in [-0.3, -0.25) is 10.1 Å². The average molecular weight is 347 g/mol. The Bertz CT molecular complexity index is 843. The van der Waals surface area contributed by atoms with Gasteiger partial charge in [-0.2, -0.15) is 0 Å². The minimum Gasteiger partial charge on any atom is -0.491 e. The largest absolute Gasteiger partial charge is 0.491 e. The summed E-state index contributed by atoms with van der Waals surface area (Å²) in [6.45, 7) is 3.91. The number of ether oxygens (including phenoxy) is 1. The van der Waals surface area contributed by atoms with Crippen molar-refractivity contribution in [2.75, 3.05) is 5.32 Å². The molecule has 3 aromatic rings. The quantitative estimate of drug-likeness (QED) is 0.724. The molecule has 0 saturated carbocycles. The zero-order chi connectivity index (χ0) is 16.4. The van der Waals surface area contributed by atoms with Crippen molar-refractivity contribution in [1.29, 1.82) is 0 Å². The number of thiazole rings is 1. The Hall–Kier alpha value is -2.11. The van der Waals surface area contributed by atoms with Gasteiger partial charge in [-0.05, 0) is 50.2 Å². The van der Waals surface area contributed by atoms with Crippen molar-refractivity contribution in [1.82, 2.24) is 4.98 Å². The van der Waals surface area contributed by atoms with E-state index in [1.54, 1.807) is 30.3 Å². The predicted molar refractivity (Wildman–Crippen MR) is 94.8 cm³/mol. The minimum atomic E-state index is -0.212. The highest BCUT2D eigenvalue weighted by Crippen LogP contribution is 2.30. The van der Waals surface area contributed by atoms with E-state index in [2.05, 4.69) is 10.3 Å². The Morgan fingerprint density at radius 3 is 2.61 bits per heavy atom. The van der Waals surface area contributed by atoms with Gasteiger partial charge in [-0.15, -0.1) is 0 Å². The van der Waals surface area contributed by atoms with Crippen LogP contribution in [0.25, 0.3) is 10.2 Å². The van der Waals surface area contributed by atoms with Crippen LogP contribution in [0.4, 0.5) is 5.13 Å². The van der Waals surface area contributed by atoms with E-state index in [0.717, 1.165) is 10.4 Å². The molecule has 1 aromatic heterocycles. The van der Waals surface area contributed by atoms with Gasteiger partial charge in [-0.1, -0.05) is 29.0 Å². The fourth-order valence-electron chi connectivity index (χ4n) is 2.09. The van der Waals surface area contributed by atoms with Crippen molar-refractivity contribution in [2.24, 2.45) is 0 Å². The van der Waals surface area contributed by atoms with Gasteiger partial charge in [-0.25, -0.2) is 4.98 Å². The Morgan fingerprint density at radius 2 is 1.96 bits per heavy atom. The fraction of sp³-hybridized carbons (Fsp3) is 0.176. The maximum atomic E-state index is 12.3. The molecule has 118 valence electrons. The van der Waals surface area contributed by atoms with Gasteiger partial charge in [0.05, 0.1) is 15.8 Å². The molecule has 6 heteroatoms. The number of aromatic nitrogens is 1. The lowest BCUT2D eigenvalue weighted by atomic mass is 10.2. The van der Waals surface area contributed by atoms with Crippen LogP contribution >= 0.6 is 22.9 Å². The van der Waals surface area contributed by atoms with Crippen molar-refractivity contribution in [3.63, 3.8) is 0 Å². The highest BCUT2D eigenvalue weighted by Gasteiger charge is 2.11. The number of hydrogen-bond acceptors (Lipinski definition) is 4. The number of fused-ring (bicyclic) bond motifs is 1. The number of carbonyl (C=O) groups is 1. The van der Waals surface area contributed by atoms with Gasteiger partial charge < -0.3 is 4.74 Å². The highest BCUT2D eigenvalue weighted by molar-refractivity contribution is 7.22. The second-order valence-corrected chi connectivity index (χ2v) is 6.69. The first-order chi connectivity index (χ1) is 11.0. The van der Waals surface area contributed by atoms with E-state index >= 15 is 0 Å². The summed E-state index contributed by atoms with van der Waals surface area (Å²) in [7, 11) is 0. The fourth-order valence-corrected chi connectivity index (χ4v) is 3.26. The van der Waals surface area contributed by atoms with Crippen LogP contribution in [0.3, 0.4) is 0 Å². The first-order valence-electron chi connectivity index (χ1n) is 7.16. The summed E-state index contributed by atoms with van der Waals surface area (Å²) in [6.07, 6.45) is 0.0992. The lowest BCUT2D eigenvalue weighted by Gasteiger charge is -2.09. The number of anilines is 1. The van der Waals surface area contributed by atoms with E-state index in [1.165, 1.54) is 11.3 Å². The van der Waals surface area contributed by atoms with E-state index in [1.807, 2.05) is 26.0 Å². The number of nitrogens with one attached hydrogen (secondary N) is 1. The molecule has 1 N–H and O–H groups in total. The molecule has 0 aliphatic rings. The molecule has 23 heavy (non-hydrogen) atoms. The Labute approximate surface area is 143 Å². The molecule has 0 radical (unpaired) electrons. The van der Waals surface area contributed by atoms with Crippen LogP contribution in [0.2, 0.25) is 5.02 Å². The van der Waals surface area contributed by atoms with Gasteiger partial charge >= 0.3 is 0 Å². The SMILES string of the molecule is CC(C)Oc1ccc(C(=O)Nc2nc3c(Cl)cccc3s2)cc1. The number of para-hydroxylation sites is 1. The Morgan fingerprint density at radius 1 is 1.22 bits per heavy atom.